The largest absolute Gasteiger partial charge is 0.373 e. The second-order valence-electron chi connectivity index (χ2n) is 4.53. The van der Waals surface area contributed by atoms with Crippen LogP contribution in [-0.2, 0) is 0 Å². The third-order valence-electron chi connectivity index (χ3n) is 3.07. The number of hydrogen-bond donors (Lipinski definition) is 2. The minimum atomic E-state index is -0.178. The smallest absolute Gasteiger partial charge is 0.128 e. The van der Waals surface area contributed by atoms with Gasteiger partial charge >= 0.3 is 0 Å². The molecule has 0 aliphatic heterocycles. The van der Waals surface area contributed by atoms with Crippen molar-refractivity contribution in [3.63, 3.8) is 0 Å². The highest BCUT2D eigenvalue weighted by Crippen LogP contribution is 2.20. The van der Waals surface area contributed by atoms with E-state index in [0.717, 1.165) is 17.2 Å². The molecule has 0 amide bonds. The van der Waals surface area contributed by atoms with Gasteiger partial charge in [0.2, 0.25) is 0 Å². The van der Waals surface area contributed by atoms with Gasteiger partial charge in [0.05, 0.1) is 6.04 Å². The average Bonchev–Trinajstić information content (AvgIpc) is 2.42. The molecule has 2 N–H and O–H groups in total. The third kappa shape index (κ3) is 3.22. The molecule has 0 fully saturated rings. The number of halogens is 1. The molecule has 3 nitrogen and oxygen atoms in total. The zero-order valence-electron chi connectivity index (χ0n) is 11.4. The first-order valence-corrected chi connectivity index (χ1v) is 6.27. The van der Waals surface area contributed by atoms with Crippen molar-refractivity contribution in [3.05, 3.63) is 53.3 Å². The molecule has 19 heavy (non-hydrogen) atoms. The number of pyridine rings is 1. The van der Waals surface area contributed by atoms with Gasteiger partial charge in [-0.15, -0.1) is 0 Å². The van der Waals surface area contributed by atoms with E-state index in [4.69, 9.17) is 0 Å². The molecule has 1 aromatic carbocycles. The van der Waals surface area contributed by atoms with Crippen molar-refractivity contribution in [2.75, 3.05) is 17.7 Å². The van der Waals surface area contributed by atoms with Crippen molar-refractivity contribution in [1.82, 2.24) is 4.98 Å². The van der Waals surface area contributed by atoms with Crippen molar-refractivity contribution < 1.29 is 4.39 Å². The molecule has 0 aliphatic rings. The first kappa shape index (κ1) is 13.3. The molecule has 0 saturated carbocycles. The summed E-state index contributed by atoms with van der Waals surface area (Å²) in [4.78, 5) is 4.38. The van der Waals surface area contributed by atoms with Gasteiger partial charge in [0, 0.05) is 7.05 Å². The molecule has 2 aromatic rings. The predicted molar refractivity (Wildman–Crippen MR) is 77.0 cm³/mol. The zero-order chi connectivity index (χ0) is 13.8. The molecule has 0 radical (unpaired) electrons. The van der Waals surface area contributed by atoms with E-state index in [0.29, 0.717) is 5.56 Å². The first-order valence-electron chi connectivity index (χ1n) is 6.27. The van der Waals surface area contributed by atoms with Crippen LogP contribution in [0.2, 0.25) is 0 Å². The molecule has 0 aliphatic carbocycles. The molecule has 0 spiro atoms. The van der Waals surface area contributed by atoms with Gasteiger partial charge in [-0.3, -0.25) is 0 Å². The SMILES string of the molecule is CNc1cccc(NC(C)c2ccc(C)c(F)c2)n1. The van der Waals surface area contributed by atoms with Gasteiger partial charge in [0.15, 0.2) is 0 Å². The van der Waals surface area contributed by atoms with Crippen LogP contribution < -0.4 is 10.6 Å². The number of nitrogens with one attached hydrogen (secondary N) is 2. The lowest BCUT2D eigenvalue weighted by atomic mass is 10.1. The summed E-state index contributed by atoms with van der Waals surface area (Å²) in [7, 11) is 1.82. The maximum absolute atomic E-state index is 13.5. The summed E-state index contributed by atoms with van der Waals surface area (Å²) < 4.78 is 13.5. The van der Waals surface area contributed by atoms with Gasteiger partial charge < -0.3 is 10.6 Å². The van der Waals surface area contributed by atoms with Crippen molar-refractivity contribution in [2.45, 2.75) is 19.9 Å². The van der Waals surface area contributed by atoms with Crippen LogP contribution in [0.15, 0.2) is 36.4 Å². The molecule has 1 aromatic heterocycles. The summed E-state index contributed by atoms with van der Waals surface area (Å²) in [5.74, 6) is 1.38. The van der Waals surface area contributed by atoms with Crippen LogP contribution in [-0.4, -0.2) is 12.0 Å². The summed E-state index contributed by atoms with van der Waals surface area (Å²) in [6.07, 6.45) is 0. The molecule has 0 bridgehead atoms. The lowest BCUT2D eigenvalue weighted by Crippen LogP contribution is -2.09. The molecule has 100 valence electrons. The molecule has 1 unspecified atom stereocenters. The van der Waals surface area contributed by atoms with E-state index in [1.807, 2.05) is 38.2 Å². The topological polar surface area (TPSA) is 37.0 Å². The van der Waals surface area contributed by atoms with E-state index in [9.17, 15) is 4.39 Å². The van der Waals surface area contributed by atoms with Gasteiger partial charge in [-0.05, 0) is 43.2 Å². The van der Waals surface area contributed by atoms with Gasteiger partial charge in [-0.2, -0.15) is 0 Å². The molecule has 1 atom stereocenters. The zero-order valence-corrected chi connectivity index (χ0v) is 11.4. The fourth-order valence-electron chi connectivity index (χ4n) is 1.84. The highest BCUT2D eigenvalue weighted by Gasteiger charge is 2.08. The molecular formula is C15H18FN3. The van der Waals surface area contributed by atoms with Gasteiger partial charge in [0.25, 0.3) is 0 Å². The van der Waals surface area contributed by atoms with Crippen LogP contribution >= 0.6 is 0 Å². The van der Waals surface area contributed by atoms with Crippen LogP contribution in [0.3, 0.4) is 0 Å². The first-order chi connectivity index (χ1) is 9.10. The van der Waals surface area contributed by atoms with Gasteiger partial charge in [0.1, 0.15) is 17.5 Å². The number of aryl methyl sites for hydroxylation is 1. The maximum Gasteiger partial charge on any atom is 0.128 e. The van der Waals surface area contributed by atoms with E-state index < -0.39 is 0 Å². The summed E-state index contributed by atoms with van der Waals surface area (Å²) in [6, 6.07) is 11.0. The standard InChI is InChI=1S/C15H18FN3/c1-10-7-8-12(9-13(10)16)11(2)18-15-6-4-5-14(17-3)19-15/h4-9,11H,1-3H3,(H2,17,18,19). The number of aromatic nitrogens is 1. The second-order valence-corrected chi connectivity index (χ2v) is 4.53. The summed E-state index contributed by atoms with van der Waals surface area (Å²) >= 11 is 0. The summed E-state index contributed by atoms with van der Waals surface area (Å²) in [6.45, 7) is 3.74. The van der Waals surface area contributed by atoms with E-state index >= 15 is 0 Å². The molecule has 0 saturated heterocycles. The van der Waals surface area contributed by atoms with E-state index in [2.05, 4.69) is 15.6 Å². The van der Waals surface area contributed by atoms with Crippen LogP contribution in [0.4, 0.5) is 16.0 Å². The van der Waals surface area contributed by atoms with Crippen LogP contribution in [0.1, 0.15) is 24.1 Å². The van der Waals surface area contributed by atoms with Crippen molar-refractivity contribution in [3.8, 4) is 0 Å². The Bertz CT molecular complexity index is 569. The highest BCUT2D eigenvalue weighted by molar-refractivity contribution is 5.46. The van der Waals surface area contributed by atoms with Gasteiger partial charge in [-0.1, -0.05) is 18.2 Å². The summed E-state index contributed by atoms with van der Waals surface area (Å²) in [5, 5.41) is 6.25. The van der Waals surface area contributed by atoms with E-state index in [1.165, 1.54) is 0 Å². The van der Waals surface area contributed by atoms with E-state index in [-0.39, 0.29) is 11.9 Å². The Balaban J connectivity index is 2.15. The minimum Gasteiger partial charge on any atom is -0.373 e. The Morgan fingerprint density at radius 3 is 2.58 bits per heavy atom. The Morgan fingerprint density at radius 2 is 1.89 bits per heavy atom. The lowest BCUT2D eigenvalue weighted by molar-refractivity contribution is 0.614. The van der Waals surface area contributed by atoms with Gasteiger partial charge in [-0.25, -0.2) is 9.37 Å². The number of benzene rings is 1. The number of rotatable bonds is 4. The molecule has 4 heteroatoms. The van der Waals surface area contributed by atoms with Crippen LogP contribution in [0, 0.1) is 12.7 Å². The third-order valence-corrected chi connectivity index (χ3v) is 3.07. The Hall–Kier alpha value is -2.10. The maximum atomic E-state index is 13.5. The monoisotopic (exact) mass is 259 g/mol. The number of nitrogens with zero attached hydrogens (tertiary/aromatic N) is 1. The van der Waals surface area contributed by atoms with Crippen molar-refractivity contribution >= 4 is 11.6 Å². The van der Waals surface area contributed by atoms with Crippen LogP contribution in [0.5, 0.6) is 0 Å². The fraction of sp³-hybridized carbons (Fsp3) is 0.267. The fourth-order valence-corrected chi connectivity index (χ4v) is 1.84. The Morgan fingerprint density at radius 1 is 1.16 bits per heavy atom. The van der Waals surface area contributed by atoms with Crippen LogP contribution in [0.25, 0.3) is 0 Å². The predicted octanol–water partition coefficient (Wildman–Crippen LogP) is 3.74. The molecular weight excluding hydrogens is 241 g/mol. The average molecular weight is 259 g/mol. The number of hydrogen-bond acceptors (Lipinski definition) is 3. The van der Waals surface area contributed by atoms with Crippen molar-refractivity contribution in [1.29, 1.82) is 0 Å². The quantitative estimate of drug-likeness (QED) is 0.878. The Labute approximate surface area is 112 Å². The molecule has 1 heterocycles. The minimum absolute atomic E-state index is 0.00490. The second kappa shape index (κ2) is 5.69. The van der Waals surface area contributed by atoms with Crippen molar-refractivity contribution in [2.24, 2.45) is 0 Å². The molecule has 2 rings (SSSR count). The lowest BCUT2D eigenvalue weighted by Gasteiger charge is -2.16. The highest BCUT2D eigenvalue weighted by atomic mass is 19.1. The van der Waals surface area contributed by atoms with E-state index in [1.54, 1.807) is 19.1 Å². The normalized spacial score (nSPS) is 12.0. The Kier molecular flexibility index (Phi) is 4.00. The number of anilines is 2. The summed E-state index contributed by atoms with van der Waals surface area (Å²) in [5.41, 5.74) is 1.56.